The van der Waals surface area contributed by atoms with E-state index in [-0.39, 0.29) is 18.4 Å². The molecule has 4 heteroatoms. The van der Waals surface area contributed by atoms with Gasteiger partial charge in [-0.1, -0.05) is 55.8 Å². The summed E-state index contributed by atoms with van der Waals surface area (Å²) in [5, 5.41) is 0. The molecule has 3 nitrogen and oxygen atoms in total. The molecule has 120 valence electrons. The number of unbranched alkanes of at least 4 members (excludes halogenated alkanes) is 1. The van der Waals surface area contributed by atoms with Crippen molar-refractivity contribution in [3.8, 4) is 0 Å². The zero-order valence-corrected chi connectivity index (χ0v) is 14.2. The largest absolute Gasteiger partial charge is 0.310 e. The van der Waals surface area contributed by atoms with E-state index in [9.17, 15) is 0 Å². The Kier molecular flexibility index (Phi) is 4.58. The lowest BCUT2D eigenvalue weighted by Crippen LogP contribution is -2.36. The average molecular weight is 328 g/mol. The molecule has 2 aromatic rings. The summed E-state index contributed by atoms with van der Waals surface area (Å²) in [6.07, 6.45) is 2.39. The van der Waals surface area contributed by atoms with Gasteiger partial charge in [0.2, 0.25) is 5.96 Å². The van der Waals surface area contributed by atoms with Crippen molar-refractivity contribution < 1.29 is 0 Å². The van der Waals surface area contributed by atoms with Gasteiger partial charge in [-0.05, 0) is 24.1 Å². The van der Waals surface area contributed by atoms with Crippen molar-refractivity contribution in [1.82, 2.24) is 0 Å². The monoisotopic (exact) mass is 327 g/mol. The molecule has 0 saturated heterocycles. The number of fused-ring (bicyclic) bond motifs is 3. The quantitative estimate of drug-likeness (QED) is 0.814. The Balaban J connectivity index is 0.00000156. The highest BCUT2D eigenvalue weighted by Crippen LogP contribution is 2.42. The van der Waals surface area contributed by atoms with Gasteiger partial charge in [0.05, 0.1) is 24.0 Å². The van der Waals surface area contributed by atoms with Crippen LogP contribution in [0.25, 0.3) is 0 Å². The molecule has 0 fully saturated rings. The van der Waals surface area contributed by atoms with E-state index >= 15 is 0 Å². The van der Waals surface area contributed by atoms with E-state index in [0.717, 1.165) is 19.0 Å². The zero-order valence-electron chi connectivity index (χ0n) is 13.4. The molecule has 0 N–H and O–H groups in total. The molecule has 0 spiro atoms. The fourth-order valence-corrected chi connectivity index (χ4v) is 3.35. The second-order valence-corrected chi connectivity index (χ2v) is 5.96. The molecule has 0 amide bonds. The normalized spacial score (nSPS) is 18.3. The van der Waals surface area contributed by atoms with E-state index in [1.165, 1.54) is 29.8 Å². The van der Waals surface area contributed by atoms with Crippen LogP contribution in [0, 0.1) is 0 Å². The summed E-state index contributed by atoms with van der Waals surface area (Å²) in [5.41, 5.74) is 3.91. The van der Waals surface area contributed by atoms with Gasteiger partial charge in [0.15, 0.2) is 0 Å². The minimum atomic E-state index is 0. The van der Waals surface area contributed by atoms with Crippen LogP contribution in [0.1, 0.15) is 31.4 Å². The summed E-state index contributed by atoms with van der Waals surface area (Å²) in [6.45, 7) is 4.23. The van der Waals surface area contributed by atoms with E-state index in [0.29, 0.717) is 0 Å². The first-order valence-electron chi connectivity index (χ1n) is 8.15. The molecule has 2 aliphatic heterocycles. The second kappa shape index (κ2) is 6.63. The van der Waals surface area contributed by atoms with Crippen LogP contribution >= 0.6 is 12.4 Å². The SMILES string of the molecule is CCCCN1C2=NC(c3ccccc3)CN2c2ccccc21.Cl. The van der Waals surface area contributed by atoms with Crippen LogP contribution in [0.5, 0.6) is 0 Å². The number of hydrogen-bond acceptors (Lipinski definition) is 3. The number of guanidine groups is 1. The molecule has 23 heavy (non-hydrogen) atoms. The number of rotatable bonds is 4. The highest BCUT2D eigenvalue weighted by Gasteiger charge is 2.38. The Bertz CT molecular complexity index is 699. The molecule has 1 atom stereocenters. The number of para-hydroxylation sites is 2. The van der Waals surface area contributed by atoms with Gasteiger partial charge in [0, 0.05) is 6.54 Å². The van der Waals surface area contributed by atoms with Gasteiger partial charge in [0.1, 0.15) is 0 Å². The van der Waals surface area contributed by atoms with Crippen LogP contribution in [0.4, 0.5) is 11.4 Å². The topological polar surface area (TPSA) is 18.8 Å². The summed E-state index contributed by atoms with van der Waals surface area (Å²) < 4.78 is 0. The minimum Gasteiger partial charge on any atom is -0.310 e. The van der Waals surface area contributed by atoms with Crippen molar-refractivity contribution in [2.45, 2.75) is 25.8 Å². The molecule has 0 bridgehead atoms. The van der Waals surface area contributed by atoms with Crippen LogP contribution in [0.3, 0.4) is 0 Å². The van der Waals surface area contributed by atoms with Gasteiger partial charge in [-0.15, -0.1) is 12.4 Å². The Morgan fingerprint density at radius 2 is 1.70 bits per heavy atom. The van der Waals surface area contributed by atoms with Gasteiger partial charge >= 0.3 is 0 Å². The van der Waals surface area contributed by atoms with E-state index in [4.69, 9.17) is 4.99 Å². The first-order valence-corrected chi connectivity index (χ1v) is 8.15. The average Bonchev–Trinajstić information content (AvgIpc) is 3.12. The maximum atomic E-state index is 5.04. The molecule has 4 rings (SSSR count). The maximum absolute atomic E-state index is 5.04. The van der Waals surface area contributed by atoms with Gasteiger partial charge in [-0.3, -0.25) is 0 Å². The van der Waals surface area contributed by atoms with Crippen molar-refractivity contribution in [3.05, 3.63) is 60.2 Å². The number of benzene rings is 2. The fourth-order valence-electron chi connectivity index (χ4n) is 3.35. The summed E-state index contributed by atoms with van der Waals surface area (Å²) in [5.74, 6) is 1.13. The maximum Gasteiger partial charge on any atom is 0.206 e. The summed E-state index contributed by atoms with van der Waals surface area (Å²) >= 11 is 0. The van der Waals surface area contributed by atoms with Crippen LogP contribution in [-0.2, 0) is 0 Å². The first kappa shape index (κ1) is 15.9. The Morgan fingerprint density at radius 1 is 1.00 bits per heavy atom. The van der Waals surface area contributed by atoms with Crippen molar-refractivity contribution in [3.63, 3.8) is 0 Å². The Morgan fingerprint density at radius 3 is 2.43 bits per heavy atom. The number of aliphatic imine (C=N–C) groups is 1. The fraction of sp³-hybridized carbons (Fsp3) is 0.316. The molecule has 0 saturated carbocycles. The lowest BCUT2D eigenvalue weighted by atomic mass is 10.1. The molecular formula is C19H22ClN3. The van der Waals surface area contributed by atoms with E-state index in [1.807, 2.05) is 0 Å². The van der Waals surface area contributed by atoms with E-state index in [1.54, 1.807) is 0 Å². The van der Waals surface area contributed by atoms with Crippen LogP contribution < -0.4 is 9.80 Å². The molecule has 2 aliphatic rings. The zero-order chi connectivity index (χ0) is 14.9. The lowest BCUT2D eigenvalue weighted by molar-refractivity contribution is 0.777. The molecule has 0 aromatic heterocycles. The van der Waals surface area contributed by atoms with Gasteiger partial charge in [-0.2, -0.15) is 0 Å². The van der Waals surface area contributed by atoms with Crippen LogP contribution in [0.15, 0.2) is 59.6 Å². The molecule has 2 heterocycles. The van der Waals surface area contributed by atoms with Crippen molar-refractivity contribution in [2.75, 3.05) is 22.9 Å². The van der Waals surface area contributed by atoms with Crippen LogP contribution in [-0.4, -0.2) is 19.0 Å². The predicted octanol–water partition coefficient (Wildman–Crippen LogP) is 4.65. The third kappa shape index (κ3) is 2.70. The highest BCUT2D eigenvalue weighted by molar-refractivity contribution is 6.17. The standard InChI is InChI=1S/C19H21N3.ClH/c1-2-3-13-21-17-11-7-8-12-18(17)22-14-16(20-19(21)22)15-9-5-4-6-10-15;/h4-12,16H,2-3,13-14H2,1H3;1H. The highest BCUT2D eigenvalue weighted by atomic mass is 35.5. The number of halogens is 1. The third-order valence-electron chi connectivity index (χ3n) is 4.49. The van der Waals surface area contributed by atoms with E-state index in [2.05, 4.69) is 71.3 Å². The van der Waals surface area contributed by atoms with Gasteiger partial charge in [-0.25, -0.2) is 4.99 Å². The lowest BCUT2D eigenvalue weighted by Gasteiger charge is -2.18. The molecule has 2 aromatic carbocycles. The summed E-state index contributed by atoms with van der Waals surface area (Å²) in [7, 11) is 0. The molecule has 1 unspecified atom stereocenters. The molecule has 0 aliphatic carbocycles. The number of hydrogen-bond donors (Lipinski definition) is 0. The van der Waals surface area contributed by atoms with Crippen molar-refractivity contribution >= 4 is 29.7 Å². The Labute approximate surface area is 144 Å². The van der Waals surface area contributed by atoms with Crippen LogP contribution in [0.2, 0.25) is 0 Å². The molecular weight excluding hydrogens is 306 g/mol. The van der Waals surface area contributed by atoms with Gasteiger partial charge < -0.3 is 9.80 Å². The second-order valence-electron chi connectivity index (χ2n) is 5.96. The minimum absolute atomic E-state index is 0. The summed E-state index contributed by atoms with van der Waals surface area (Å²) in [6, 6.07) is 19.5. The smallest absolute Gasteiger partial charge is 0.206 e. The van der Waals surface area contributed by atoms with Gasteiger partial charge in [0.25, 0.3) is 0 Å². The number of nitrogens with zero attached hydrogens (tertiary/aromatic N) is 3. The molecule has 0 radical (unpaired) electrons. The summed E-state index contributed by atoms with van der Waals surface area (Å²) in [4.78, 5) is 9.81. The third-order valence-corrected chi connectivity index (χ3v) is 4.49. The predicted molar refractivity (Wildman–Crippen MR) is 99.9 cm³/mol. The first-order chi connectivity index (χ1) is 10.9. The van der Waals surface area contributed by atoms with E-state index < -0.39 is 0 Å². The van der Waals surface area contributed by atoms with Crippen molar-refractivity contribution in [2.24, 2.45) is 4.99 Å². The number of anilines is 2. The Hall–Kier alpha value is -2.00. The van der Waals surface area contributed by atoms with Crippen molar-refractivity contribution in [1.29, 1.82) is 0 Å².